The van der Waals surface area contributed by atoms with Crippen molar-refractivity contribution < 1.29 is 4.79 Å². The summed E-state index contributed by atoms with van der Waals surface area (Å²) in [5, 5.41) is 8.58. The zero-order chi connectivity index (χ0) is 12.3. The number of carbonyl (C=O) groups is 1. The normalized spacial score (nSPS) is 17.7. The van der Waals surface area contributed by atoms with Crippen molar-refractivity contribution in [2.24, 2.45) is 11.1 Å². The summed E-state index contributed by atoms with van der Waals surface area (Å²) in [6.07, 6.45) is 2.49. The van der Waals surface area contributed by atoms with Gasteiger partial charge in [0.15, 0.2) is 0 Å². The predicted octanol–water partition coefficient (Wildman–Crippen LogP) is 1.26. The molecule has 0 radical (unpaired) electrons. The van der Waals surface area contributed by atoms with Crippen LogP contribution in [0.15, 0.2) is 0 Å². The van der Waals surface area contributed by atoms with Crippen molar-refractivity contribution in [3.8, 4) is 6.07 Å². The van der Waals surface area contributed by atoms with Crippen molar-refractivity contribution in [2.45, 2.75) is 52.1 Å². The molecule has 1 fully saturated rings. The zero-order valence-corrected chi connectivity index (χ0v) is 10.4. The Labute approximate surface area is 97.4 Å². The van der Waals surface area contributed by atoms with E-state index in [-0.39, 0.29) is 11.3 Å². The van der Waals surface area contributed by atoms with Gasteiger partial charge in [-0.25, -0.2) is 0 Å². The van der Waals surface area contributed by atoms with Gasteiger partial charge in [-0.3, -0.25) is 4.79 Å². The summed E-state index contributed by atoms with van der Waals surface area (Å²) < 4.78 is 0. The van der Waals surface area contributed by atoms with Gasteiger partial charge in [-0.15, -0.1) is 0 Å². The molecule has 1 rings (SSSR count). The maximum atomic E-state index is 12.2. The Morgan fingerprint density at radius 2 is 2.12 bits per heavy atom. The lowest BCUT2D eigenvalue weighted by molar-refractivity contribution is -0.135. The first-order valence-electron chi connectivity index (χ1n) is 5.81. The summed E-state index contributed by atoms with van der Waals surface area (Å²) in [5.41, 5.74) is 5.73. The Morgan fingerprint density at radius 1 is 1.56 bits per heavy atom. The van der Waals surface area contributed by atoms with Gasteiger partial charge in [0.05, 0.1) is 18.5 Å². The van der Waals surface area contributed by atoms with E-state index in [0.717, 1.165) is 12.8 Å². The fourth-order valence-electron chi connectivity index (χ4n) is 1.58. The molecule has 4 nitrogen and oxygen atoms in total. The van der Waals surface area contributed by atoms with E-state index >= 15 is 0 Å². The highest BCUT2D eigenvalue weighted by molar-refractivity contribution is 5.83. The van der Waals surface area contributed by atoms with Gasteiger partial charge in [-0.05, 0) is 18.3 Å². The average Bonchev–Trinajstić information content (AvgIpc) is 2.99. The number of nitrogens with zero attached hydrogens (tertiary/aromatic N) is 2. The molecule has 1 saturated carbocycles. The Bertz CT molecular complexity index is 296. The molecule has 0 heterocycles. The van der Waals surface area contributed by atoms with Crippen LogP contribution in [0.4, 0.5) is 0 Å². The van der Waals surface area contributed by atoms with Gasteiger partial charge >= 0.3 is 0 Å². The van der Waals surface area contributed by atoms with Crippen molar-refractivity contribution in [3.63, 3.8) is 0 Å². The first-order chi connectivity index (χ1) is 7.38. The van der Waals surface area contributed by atoms with Gasteiger partial charge in [0.25, 0.3) is 0 Å². The molecule has 0 aliphatic heterocycles. The summed E-state index contributed by atoms with van der Waals surface area (Å²) in [7, 11) is 0. The number of nitrogens with two attached hydrogens (primary N) is 1. The summed E-state index contributed by atoms with van der Waals surface area (Å²) in [6.45, 7) is 6.41. The second kappa shape index (κ2) is 4.84. The maximum Gasteiger partial charge on any atom is 0.240 e. The van der Waals surface area contributed by atoms with Gasteiger partial charge in [0, 0.05) is 12.6 Å². The molecule has 1 atom stereocenters. The molecule has 90 valence electrons. The minimum absolute atomic E-state index is 0.00903. The molecular formula is C12H21N3O. The Morgan fingerprint density at radius 3 is 2.50 bits per heavy atom. The molecule has 1 aliphatic carbocycles. The second-order valence-corrected chi connectivity index (χ2v) is 5.51. The third-order valence-electron chi connectivity index (χ3n) is 2.93. The van der Waals surface area contributed by atoms with Crippen LogP contribution in [0.1, 0.15) is 40.0 Å². The lowest BCUT2D eigenvalue weighted by atomic mass is 9.86. The monoisotopic (exact) mass is 223 g/mol. The molecule has 0 aromatic heterocycles. The highest BCUT2D eigenvalue weighted by Crippen LogP contribution is 2.29. The number of nitriles is 1. The third-order valence-corrected chi connectivity index (χ3v) is 2.93. The van der Waals surface area contributed by atoms with Crippen molar-refractivity contribution in [3.05, 3.63) is 0 Å². The van der Waals surface area contributed by atoms with E-state index in [9.17, 15) is 4.79 Å². The zero-order valence-electron chi connectivity index (χ0n) is 10.4. The number of amides is 1. The average molecular weight is 223 g/mol. The highest BCUT2D eigenvalue weighted by Gasteiger charge is 2.37. The highest BCUT2D eigenvalue weighted by atomic mass is 16.2. The van der Waals surface area contributed by atoms with Crippen LogP contribution in [0, 0.1) is 16.7 Å². The Hall–Kier alpha value is -1.08. The van der Waals surface area contributed by atoms with Crippen molar-refractivity contribution in [1.82, 2.24) is 4.90 Å². The van der Waals surface area contributed by atoms with E-state index in [0.29, 0.717) is 19.0 Å². The largest absolute Gasteiger partial charge is 0.337 e. The maximum absolute atomic E-state index is 12.2. The Balaban J connectivity index is 2.64. The number of rotatable bonds is 4. The van der Waals surface area contributed by atoms with Crippen LogP contribution >= 0.6 is 0 Å². The molecule has 2 N–H and O–H groups in total. The summed E-state index contributed by atoms with van der Waals surface area (Å²) in [6, 6.07) is 1.93. The molecule has 16 heavy (non-hydrogen) atoms. The quantitative estimate of drug-likeness (QED) is 0.780. The van der Waals surface area contributed by atoms with E-state index in [2.05, 4.69) is 6.07 Å². The lowest BCUT2D eigenvalue weighted by Gasteiger charge is -2.31. The first-order valence-corrected chi connectivity index (χ1v) is 5.81. The minimum atomic E-state index is -0.480. The van der Waals surface area contributed by atoms with Crippen LogP contribution in [-0.2, 0) is 4.79 Å². The van der Waals surface area contributed by atoms with Crippen molar-refractivity contribution >= 4 is 5.91 Å². The SMILES string of the molecule is CC(C)(C)[C@H](N)C(=O)N(CCC#N)C1CC1. The van der Waals surface area contributed by atoms with Crippen LogP contribution < -0.4 is 5.73 Å². The van der Waals surface area contributed by atoms with E-state index in [1.165, 1.54) is 0 Å². The van der Waals surface area contributed by atoms with Crippen LogP contribution in [0.25, 0.3) is 0 Å². The molecule has 4 heteroatoms. The van der Waals surface area contributed by atoms with Crippen molar-refractivity contribution in [2.75, 3.05) is 6.54 Å². The van der Waals surface area contributed by atoms with Crippen molar-refractivity contribution in [1.29, 1.82) is 5.26 Å². The second-order valence-electron chi connectivity index (χ2n) is 5.51. The van der Waals surface area contributed by atoms with Gasteiger partial charge in [-0.2, -0.15) is 5.26 Å². The molecule has 0 spiro atoms. The van der Waals surface area contributed by atoms with Gasteiger partial charge in [0.1, 0.15) is 0 Å². The number of carbonyl (C=O) groups excluding carboxylic acids is 1. The van der Waals surface area contributed by atoms with Gasteiger partial charge < -0.3 is 10.6 Å². The van der Waals surface area contributed by atoms with Gasteiger partial charge in [0.2, 0.25) is 5.91 Å². The topological polar surface area (TPSA) is 70.1 Å². The third kappa shape index (κ3) is 3.21. The smallest absolute Gasteiger partial charge is 0.240 e. The number of hydrogen-bond donors (Lipinski definition) is 1. The molecule has 1 amide bonds. The van der Waals surface area contributed by atoms with Crippen LogP contribution in [0.3, 0.4) is 0 Å². The predicted molar refractivity (Wildman–Crippen MR) is 62.4 cm³/mol. The fourth-order valence-corrected chi connectivity index (χ4v) is 1.58. The number of hydrogen-bond acceptors (Lipinski definition) is 3. The van der Waals surface area contributed by atoms with E-state index in [1.54, 1.807) is 4.90 Å². The molecule has 0 aromatic carbocycles. The summed E-state index contributed by atoms with van der Waals surface area (Å²) in [4.78, 5) is 14.0. The van der Waals surface area contributed by atoms with E-state index in [4.69, 9.17) is 11.0 Å². The molecule has 0 unspecified atom stereocenters. The lowest BCUT2D eigenvalue weighted by Crippen LogP contribution is -2.51. The first kappa shape index (κ1) is 13.0. The van der Waals surface area contributed by atoms with Gasteiger partial charge in [-0.1, -0.05) is 20.8 Å². The Kier molecular flexibility index (Phi) is 3.93. The molecule has 0 saturated heterocycles. The summed E-state index contributed by atoms with van der Waals surface area (Å²) in [5.74, 6) is -0.00903. The minimum Gasteiger partial charge on any atom is -0.337 e. The van der Waals surface area contributed by atoms with Crippen LogP contribution in [0.2, 0.25) is 0 Å². The van der Waals surface area contributed by atoms with E-state index in [1.807, 2.05) is 20.8 Å². The molecule has 0 aromatic rings. The standard InChI is InChI=1S/C12H21N3O/c1-12(2,3)10(14)11(16)15(8-4-7-13)9-5-6-9/h9-10H,4-6,8,14H2,1-3H3/t10-/m1/s1. The summed E-state index contributed by atoms with van der Waals surface area (Å²) >= 11 is 0. The van der Waals surface area contributed by atoms with Crippen LogP contribution in [-0.4, -0.2) is 29.4 Å². The molecular weight excluding hydrogens is 202 g/mol. The van der Waals surface area contributed by atoms with E-state index < -0.39 is 6.04 Å². The molecule has 0 bridgehead atoms. The fraction of sp³-hybridized carbons (Fsp3) is 0.833. The van der Waals surface area contributed by atoms with Crippen LogP contribution in [0.5, 0.6) is 0 Å². The molecule has 1 aliphatic rings.